The van der Waals surface area contributed by atoms with Crippen molar-refractivity contribution in [1.29, 1.82) is 0 Å². The van der Waals surface area contributed by atoms with Gasteiger partial charge in [-0.25, -0.2) is 4.68 Å². The predicted octanol–water partition coefficient (Wildman–Crippen LogP) is 1.86. The minimum absolute atomic E-state index is 0.0200. The highest BCUT2D eigenvalue weighted by Gasteiger charge is 2.26. The molecule has 3 aromatic rings. The van der Waals surface area contributed by atoms with E-state index in [1.807, 2.05) is 44.2 Å². The van der Waals surface area contributed by atoms with E-state index in [0.717, 1.165) is 30.0 Å². The fourth-order valence-electron chi connectivity index (χ4n) is 3.81. The molecule has 1 atom stereocenters. The number of carbonyl (C=O) groups excluding carboxylic acids is 1. The van der Waals surface area contributed by atoms with Gasteiger partial charge in [-0.05, 0) is 38.5 Å². The number of rotatable bonds is 8. The van der Waals surface area contributed by atoms with Crippen molar-refractivity contribution in [3.8, 4) is 5.75 Å². The van der Waals surface area contributed by atoms with E-state index in [4.69, 9.17) is 9.26 Å². The molecular weight excluding hydrogens is 410 g/mol. The summed E-state index contributed by atoms with van der Waals surface area (Å²) < 4.78 is 12.2. The summed E-state index contributed by atoms with van der Waals surface area (Å²) in [5.41, 5.74) is 1.41. The minimum Gasteiger partial charge on any atom is -0.492 e. The third kappa shape index (κ3) is 5.16. The van der Waals surface area contributed by atoms with Crippen molar-refractivity contribution in [2.45, 2.75) is 39.3 Å². The Hall–Kier alpha value is -3.62. The van der Waals surface area contributed by atoms with Crippen molar-refractivity contribution in [3.63, 3.8) is 0 Å². The topological polar surface area (TPSA) is 102 Å². The van der Waals surface area contributed by atoms with Gasteiger partial charge in [0.2, 0.25) is 5.91 Å². The Morgan fingerprint density at radius 1 is 1.22 bits per heavy atom. The van der Waals surface area contributed by atoms with Gasteiger partial charge in [0, 0.05) is 30.8 Å². The van der Waals surface area contributed by atoms with Crippen LogP contribution in [0.4, 0.5) is 5.82 Å². The maximum Gasteiger partial charge on any atom is 0.266 e. The van der Waals surface area contributed by atoms with Crippen LogP contribution in [0, 0.1) is 13.8 Å². The normalized spacial score (nSPS) is 15.7. The Bertz CT molecular complexity index is 1110. The largest absolute Gasteiger partial charge is 0.492 e. The number of ether oxygens (including phenoxy) is 1. The molecule has 1 saturated heterocycles. The van der Waals surface area contributed by atoms with E-state index < -0.39 is 0 Å². The summed E-state index contributed by atoms with van der Waals surface area (Å²) in [5, 5.41) is 11.5. The van der Waals surface area contributed by atoms with Crippen LogP contribution in [0.15, 0.2) is 51.8 Å². The van der Waals surface area contributed by atoms with Gasteiger partial charge in [-0.3, -0.25) is 9.59 Å². The average molecular weight is 438 g/mol. The Balaban J connectivity index is 1.32. The number of aromatic nitrogens is 3. The van der Waals surface area contributed by atoms with E-state index in [2.05, 4.69) is 20.5 Å². The highest BCUT2D eigenvalue weighted by Crippen LogP contribution is 2.18. The zero-order valence-corrected chi connectivity index (χ0v) is 18.3. The lowest BCUT2D eigenvalue weighted by molar-refractivity contribution is -0.121. The van der Waals surface area contributed by atoms with E-state index in [0.29, 0.717) is 31.3 Å². The van der Waals surface area contributed by atoms with Crippen LogP contribution < -0.4 is 20.5 Å². The standard InChI is InChI=1S/C23H27N5O4/c1-16-20(17(2)32-26-16)14-22(29)24-18-10-11-27(15-18)21-8-9-23(30)28(25-21)12-13-31-19-6-4-3-5-7-19/h3-9,18H,10-15H2,1-2H3,(H,24,29). The number of aryl methyl sites for hydroxylation is 2. The summed E-state index contributed by atoms with van der Waals surface area (Å²) in [6, 6.07) is 12.7. The van der Waals surface area contributed by atoms with Crippen LogP contribution in [-0.2, 0) is 17.8 Å². The molecule has 0 bridgehead atoms. The second kappa shape index (κ2) is 9.67. The summed E-state index contributed by atoms with van der Waals surface area (Å²) >= 11 is 0. The number of para-hydroxylation sites is 1. The third-order valence-electron chi connectivity index (χ3n) is 5.56. The smallest absolute Gasteiger partial charge is 0.266 e. The van der Waals surface area contributed by atoms with Crippen LogP contribution in [-0.4, -0.2) is 46.6 Å². The second-order valence-corrected chi connectivity index (χ2v) is 7.89. The molecule has 1 aliphatic rings. The van der Waals surface area contributed by atoms with Crippen LogP contribution in [0.1, 0.15) is 23.4 Å². The molecule has 1 fully saturated rings. The van der Waals surface area contributed by atoms with Crippen LogP contribution in [0.5, 0.6) is 5.75 Å². The zero-order valence-electron chi connectivity index (χ0n) is 18.3. The fourth-order valence-corrected chi connectivity index (χ4v) is 3.81. The quantitative estimate of drug-likeness (QED) is 0.574. The molecule has 9 heteroatoms. The lowest BCUT2D eigenvalue weighted by Gasteiger charge is -2.19. The van der Waals surface area contributed by atoms with Crippen molar-refractivity contribution in [3.05, 3.63) is 69.8 Å². The molecular formula is C23H27N5O4. The molecule has 4 rings (SSSR count). The SMILES string of the molecule is Cc1noc(C)c1CC(=O)NC1CCN(c2ccc(=O)n(CCOc3ccccc3)n2)C1. The molecule has 32 heavy (non-hydrogen) atoms. The highest BCUT2D eigenvalue weighted by molar-refractivity contribution is 5.79. The van der Waals surface area contributed by atoms with Gasteiger partial charge in [0.25, 0.3) is 5.56 Å². The van der Waals surface area contributed by atoms with Crippen LogP contribution in [0.3, 0.4) is 0 Å². The van der Waals surface area contributed by atoms with Crippen LogP contribution in [0.25, 0.3) is 0 Å². The van der Waals surface area contributed by atoms with Crippen LogP contribution >= 0.6 is 0 Å². The molecule has 0 aliphatic carbocycles. The number of hydrogen-bond acceptors (Lipinski definition) is 7. The van der Waals surface area contributed by atoms with Gasteiger partial charge < -0.3 is 19.5 Å². The molecule has 1 aromatic carbocycles. The Kier molecular flexibility index (Phi) is 6.53. The van der Waals surface area contributed by atoms with Gasteiger partial charge in [0.15, 0.2) is 0 Å². The Morgan fingerprint density at radius 3 is 2.78 bits per heavy atom. The van der Waals surface area contributed by atoms with Crippen LogP contribution in [0.2, 0.25) is 0 Å². The van der Waals surface area contributed by atoms with Crippen molar-refractivity contribution >= 4 is 11.7 Å². The van der Waals surface area contributed by atoms with Gasteiger partial charge >= 0.3 is 0 Å². The maximum absolute atomic E-state index is 12.5. The predicted molar refractivity (Wildman–Crippen MR) is 119 cm³/mol. The summed E-state index contributed by atoms with van der Waals surface area (Å²) in [6.07, 6.45) is 1.06. The first kappa shape index (κ1) is 21.6. The van der Waals surface area contributed by atoms with Gasteiger partial charge in [-0.1, -0.05) is 23.4 Å². The van der Waals surface area contributed by atoms with E-state index in [9.17, 15) is 9.59 Å². The van der Waals surface area contributed by atoms with Crippen molar-refractivity contribution in [2.24, 2.45) is 0 Å². The lowest BCUT2D eigenvalue weighted by atomic mass is 10.1. The second-order valence-electron chi connectivity index (χ2n) is 7.89. The summed E-state index contributed by atoms with van der Waals surface area (Å²) in [7, 11) is 0. The molecule has 1 aliphatic heterocycles. The monoisotopic (exact) mass is 437 g/mol. The fraction of sp³-hybridized carbons (Fsp3) is 0.391. The third-order valence-corrected chi connectivity index (χ3v) is 5.56. The number of benzene rings is 1. The van der Waals surface area contributed by atoms with E-state index in [-0.39, 0.29) is 23.9 Å². The highest BCUT2D eigenvalue weighted by atomic mass is 16.5. The molecule has 1 N–H and O–H groups in total. The van der Waals surface area contributed by atoms with Gasteiger partial charge in [0.05, 0.1) is 18.7 Å². The van der Waals surface area contributed by atoms with Gasteiger partial charge in [0.1, 0.15) is 23.9 Å². The number of nitrogens with one attached hydrogen (secondary N) is 1. The zero-order chi connectivity index (χ0) is 22.5. The van der Waals surface area contributed by atoms with Crippen molar-refractivity contribution in [1.82, 2.24) is 20.3 Å². The van der Waals surface area contributed by atoms with E-state index >= 15 is 0 Å². The molecule has 168 valence electrons. The maximum atomic E-state index is 12.5. The van der Waals surface area contributed by atoms with Gasteiger partial charge in [-0.15, -0.1) is 0 Å². The van der Waals surface area contributed by atoms with Crippen molar-refractivity contribution in [2.75, 3.05) is 24.6 Å². The molecule has 0 saturated carbocycles. The van der Waals surface area contributed by atoms with E-state index in [1.165, 1.54) is 10.7 Å². The lowest BCUT2D eigenvalue weighted by Crippen LogP contribution is -2.38. The summed E-state index contributed by atoms with van der Waals surface area (Å²) in [5.74, 6) is 2.09. The summed E-state index contributed by atoms with van der Waals surface area (Å²) in [6.45, 7) is 5.74. The summed E-state index contributed by atoms with van der Waals surface area (Å²) in [4.78, 5) is 26.8. The van der Waals surface area contributed by atoms with E-state index in [1.54, 1.807) is 6.07 Å². The first-order valence-corrected chi connectivity index (χ1v) is 10.7. The molecule has 0 radical (unpaired) electrons. The first-order chi connectivity index (χ1) is 15.5. The molecule has 2 aromatic heterocycles. The average Bonchev–Trinajstić information content (AvgIpc) is 3.37. The number of nitrogens with zero attached hydrogens (tertiary/aromatic N) is 4. The number of carbonyl (C=O) groups is 1. The molecule has 9 nitrogen and oxygen atoms in total. The molecule has 0 spiro atoms. The molecule has 1 amide bonds. The first-order valence-electron chi connectivity index (χ1n) is 10.7. The van der Waals surface area contributed by atoms with Crippen molar-refractivity contribution < 1.29 is 14.1 Å². The molecule has 3 heterocycles. The number of hydrogen-bond donors (Lipinski definition) is 1. The molecule has 1 unspecified atom stereocenters. The number of anilines is 1. The Labute approximate surface area is 186 Å². The Morgan fingerprint density at radius 2 is 2.03 bits per heavy atom. The van der Waals surface area contributed by atoms with Gasteiger partial charge in [-0.2, -0.15) is 5.10 Å². The number of amides is 1. The minimum atomic E-state index is -0.172.